The van der Waals surface area contributed by atoms with Crippen molar-refractivity contribution in [3.8, 4) is 5.75 Å². The summed E-state index contributed by atoms with van der Waals surface area (Å²) in [5.41, 5.74) is 1.66. The molecule has 0 spiro atoms. The lowest BCUT2D eigenvalue weighted by molar-refractivity contribution is -0.134. The smallest absolute Gasteiger partial charge is 0.238 e. The van der Waals surface area contributed by atoms with E-state index in [1.807, 2.05) is 46.0 Å². The van der Waals surface area contributed by atoms with Crippen LogP contribution >= 0.6 is 0 Å². The molecule has 0 atom stereocenters. The molecular formula is C23H29FN4O3. The number of hydrogen-bond donors (Lipinski definition) is 1. The first-order valence-electron chi connectivity index (χ1n) is 10.3. The molecule has 7 nitrogen and oxygen atoms in total. The van der Waals surface area contributed by atoms with Crippen LogP contribution in [-0.4, -0.2) is 79.9 Å². The SMILES string of the molecule is COc1cccc(CN(C)CC(=O)N2CCN(CC(=O)Nc3ccc(F)cc3)CC2)c1. The van der Waals surface area contributed by atoms with Gasteiger partial charge in [-0.2, -0.15) is 0 Å². The summed E-state index contributed by atoms with van der Waals surface area (Å²) >= 11 is 0. The number of anilines is 1. The zero-order chi connectivity index (χ0) is 22.2. The van der Waals surface area contributed by atoms with Crippen LogP contribution < -0.4 is 10.1 Å². The Kier molecular flexibility index (Phi) is 7.97. The molecule has 0 bridgehead atoms. The maximum atomic E-state index is 13.0. The lowest BCUT2D eigenvalue weighted by Gasteiger charge is -2.35. The number of carbonyl (C=O) groups excluding carboxylic acids is 2. The van der Waals surface area contributed by atoms with E-state index in [4.69, 9.17) is 4.74 Å². The normalized spacial score (nSPS) is 14.5. The first-order valence-corrected chi connectivity index (χ1v) is 10.3. The van der Waals surface area contributed by atoms with Crippen LogP contribution in [0.3, 0.4) is 0 Å². The van der Waals surface area contributed by atoms with Gasteiger partial charge in [-0.3, -0.25) is 19.4 Å². The highest BCUT2D eigenvalue weighted by molar-refractivity contribution is 5.92. The van der Waals surface area contributed by atoms with E-state index in [1.165, 1.54) is 24.3 Å². The third-order valence-electron chi connectivity index (χ3n) is 5.21. The topological polar surface area (TPSA) is 65.1 Å². The molecule has 2 aromatic carbocycles. The van der Waals surface area contributed by atoms with Crippen molar-refractivity contribution < 1.29 is 18.7 Å². The largest absolute Gasteiger partial charge is 0.497 e. The summed E-state index contributed by atoms with van der Waals surface area (Å²) in [4.78, 5) is 30.7. The minimum atomic E-state index is -0.340. The number of piperazine rings is 1. The predicted molar refractivity (Wildman–Crippen MR) is 117 cm³/mol. The Morgan fingerprint density at radius 3 is 2.48 bits per heavy atom. The number of rotatable bonds is 8. The lowest BCUT2D eigenvalue weighted by Crippen LogP contribution is -2.52. The molecule has 0 radical (unpaired) electrons. The van der Waals surface area contributed by atoms with Crippen molar-refractivity contribution in [1.82, 2.24) is 14.7 Å². The number of amides is 2. The van der Waals surface area contributed by atoms with E-state index >= 15 is 0 Å². The van der Waals surface area contributed by atoms with Gasteiger partial charge in [-0.1, -0.05) is 12.1 Å². The van der Waals surface area contributed by atoms with E-state index < -0.39 is 0 Å². The van der Waals surface area contributed by atoms with Gasteiger partial charge < -0.3 is 15.0 Å². The highest BCUT2D eigenvalue weighted by Gasteiger charge is 2.23. The summed E-state index contributed by atoms with van der Waals surface area (Å²) in [5, 5.41) is 2.76. The van der Waals surface area contributed by atoms with E-state index in [9.17, 15) is 14.0 Å². The van der Waals surface area contributed by atoms with Crippen molar-refractivity contribution in [2.75, 3.05) is 58.7 Å². The van der Waals surface area contributed by atoms with Crippen molar-refractivity contribution in [1.29, 1.82) is 0 Å². The van der Waals surface area contributed by atoms with Crippen molar-refractivity contribution in [3.05, 3.63) is 59.9 Å². The third-order valence-corrected chi connectivity index (χ3v) is 5.21. The fraction of sp³-hybridized carbons (Fsp3) is 0.391. The van der Waals surface area contributed by atoms with E-state index in [0.717, 1.165) is 11.3 Å². The van der Waals surface area contributed by atoms with Crippen molar-refractivity contribution in [2.45, 2.75) is 6.54 Å². The number of halogens is 1. The first-order chi connectivity index (χ1) is 14.9. The Labute approximate surface area is 182 Å². The number of ether oxygens (including phenoxy) is 1. The molecule has 0 unspecified atom stereocenters. The van der Waals surface area contributed by atoms with E-state index in [-0.39, 0.29) is 24.2 Å². The van der Waals surface area contributed by atoms with Crippen LogP contribution in [0.4, 0.5) is 10.1 Å². The maximum absolute atomic E-state index is 13.0. The molecule has 0 saturated carbocycles. The van der Waals surface area contributed by atoms with Crippen LogP contribution in [-0.2, 0) is 16.1 Å². The standard InChI is InChI=1S/C23H29FN4O3/c1-26(15-18-4-3-5-21(14-18)31-2)17-23(30)28-12-10-27(11-13-28)16-22(29)25-20-8-6-19(24)7-9-20/h3-9,14H,10-13,15-17H2,1-2H3,(H,25,29). The maximum Gasteiger partial charge on any atom is 0.238 e. The van der Waals surface area contributed by atoms with Crippen LogP contribution in [0.5, 0.6) is 5.75 Å². The van der Waals surface area contributed by atoms with E-state index in [1.54, 1.807) is 7.11 Å². The first kappa shape index (κ1) is 22.7. The van der Waals surface area contributed by atoms with Crippen LogP contribution in [0.15, 0.2) is 48.5 Å². The molecule has 2 amide bonds. The number of hydrogen-bond acceptors (Lipinski definition) is 5. The van der Waals surface area contributed by atoms with Gasteiger partial charge in [0.25, 0.3) is 0 Å². The van der Waals surface area contributed by atoms with Gasteiger partial charge in [0.05, 0.1) is 20.2 Å². The molecule has 1 heterocycles. The van der Waals surface area contributed by atoms with Crippen molar-refractivity contribution in [3.63, 3.8) is 0 Å². The Morgan fingerprint density at radius 2 is 1.81 bits per heavy atom. The number of benzene rings is 2. The highest BCUT2D eigenvalue weighted by Crippen LogP contribution is 2.14. The molecule has 1 aliphatic rings. The highest BCUT2D eigenvalue weighted by atomic mass is 19.1. The van der Waals surface area contributed by atoms with Crippen molar-refractivity contribution >= 4 is 17.5 Å². The zero-order valence-electron chi connectivity index (χ0n) is 18.0. The second kappa shape index (κ2) is 10.9. The third kappa shape index (κ3) is 7.04. The molecule has 1 fully saturated rings. The molecule has 0 aliphatic carbocycles. The fourth-order valence-electron chi connectivity index (χ4n) is 3.56. The van der Waals surface area contributed by atoms with Crippen LogP contribution in [0.1, 0.15) is 5.56 Å². The van der Waals surface area contributed by atoms with Gasteiger partial charge in [0.15, 0.2) is 0 Å². The number of nitrogens with zero attached hydrogens (tertiary/aromatic N) is 3. The molecule has 8 heteroatoms. The molecule has 1 N–H and O–H groups in total. The summed E-state index contributed by atoms with van der Waals surface area (Å²) in [5.74, 6) is 0.398. The predicted octanol–water partition coefficient (Wildman–Crippen LogP) is 2.05. The van der Waals surface area contributed by atoms with Crippen molar-refractivity contribution in [2.24, 2.45) is 0 Å². The summed E-state index contributed by atoms with van der Waals surface area (Å²) in [6, 6.07) is 13.5. The molecule has 1 saturated heterocycles. The monoisotopic (exact) mass is 428 g/mol. The fourth-order valence-corrected chi connectivity index (χ4v) is 3.56. The van der Waals surface area contributed by atoms with Gasteiger partial charge in [0.1, 0.15) is 11.6 Å². The second-order valence-corrected chi connectivity index (χ2v) is 7.74. The van der Waals surface area contributed by atoms with E-state index in [2.05, 4.69) is 5.32 Å². The van der Waals surface area contributed by atoms with E-state index in [0.29, 0.717) is 45.0 Å². The average molecular weight is 429 g/mol. The van der Waals surface area contributed by atoms with Crippen LogP contribution in [0.25, 0.3) is 0 Å². The second-order valence-electron chi connectivity index (χ2n) is 7.74. The molecule has 166 valence electrons. The molecule has 1 aliphatic heterocycles. The molecule has 2 aromatic rings. The Morgan fingerprint density at radius 1 is 1.10 bits per heavy atom. The minimum absolute atomic E-state index is 0.0841. The average Bonchev–Trinajstić information content (AvgIpc) is 2.76. The van der Waals surface area contributed by atoms with Gasteiger partial charge in [-0.05, 0) is 49.0 Å². The summed E-state index contributed by atoms with van der Waals surface area (Å²) in [6.07, 6.45) is 0. The quantitative estimate of drug-likeness (QED) is 0.697. The van der Waals surface area contributed by atoms with Crippen LogP contribution in [0.2, 0.25) is 0 Å². The Balaban J connectivity index is 1.39. The van der Waals surface area contributed by atoms with Gasteiger partial charge in [-0.25, -0.2) is 4.39 Å². The van der Waals surface area contributed by atoms with Crippen LogP contribution in [0, 0.1) is 5.82 Å². The Bertz CT molecular complexity index is 883. The summed E-state index contributed by atoms with van der Waals surface area (Å²) in [7, 11) is 3.56. The summed E-state index contributed by atoms with van der Waals surface area (Å²) in [6.45, 7) is 3.71. The van der Waals surface area contributed by atoms with Gasteiger partial charge in [-0.15, -0.1) is 0 Å². The minimum Gasteiger partial charge on any atom is -0.497 e. The Hall–Kier alpha value is -2.97. The molecule has 0 aromatic heterocycles. The van der Waals surface area contributed by atoms with Gasteiger partial charge >= 0.3 is 0 Å². The zero-order valence-corrected chi connectivity index (χ0v) is 18.0. The van der Waals surface area contributed by atoms with Gasteiger partial charge in [0.2, 0.25) is 11.8 Å². The van der Waals surface area contributed by atoms with Gasteiger partial charge in [0, 0.05) is 38.4 Å². The molecular weight excluding hydrogens is 399 g/mol. The number of nitrogens with one attached hydrogen (secondary N) is 1. The number of carbonyl (C=O) groups is 2. The summed E-state index contributed by atoms with van der Waals surface area (Å²) < 4.78 is 18.2. The number of methoxy groups -OCH3 is 1. The molecule has 31 heavy (non-hydrogen) atoms. The lowest BCUT2D eigenvalue weighted by atomic mass is 10.2. The molecule has 3 rings (SSSR count). The number of likely N-dealkylation sites (N-methyl/N-ethyl adjacent to an activating group) is 1.